The van der Waals surface area contributed by atoms with Crippen LogP contribution < -0.4 is 10.3 Å². The molecule has 35 heavy (non-hydrogen) atoms. The van der Waals surface area contributed by atoms with Crippen molar-refractivity contribution in [2.75, 3.05) is 37.6 Å². The topological polar surface area (TPSA) is 90.5 Å². The SMILES string of the molecule is CCn1cc(C(=O)O)c(=O)c2cc(F)c(N3CCN(Cc4ccc(C5=CCN=N5)cc4)CC3)cc21. The largest absolute Gasteiger partial charge is 0.477 e. The van der Waals surface area contributed by atoms with Crippen LogP contribution in [0.2, 0.25) is 0 Å². The van der Waals surface area contributed by atoms with Crippen LogP contribution in [0.4, 0.5) is 10.1 Å². The molecule has 0 aliphatic carbocycles. The number of fused-ring (bicyclic) bond motifs is 1. The number of anilines is 1. The van der Waals surface area contributed by atoms with Gasteiger partial charge in [-0.25, -0.2) is 9.18 Å². The molecule has 0 radical (unpaired) electrons. The second-order valence-corrected chi connectivity index (χ2v) is 8.76. The van der Waals surface area contributed by atoms with E-state index >= 15 is 4.39 Å². The summed E-state index contributed by atoms with van der Waals surface area (Å²) in [5.74, 6) is -1.82. The monoisotopic (exact) mass is 475 g/mol. The highest BCUT2D eigenvalue weighted by atomic mass is 19.1. The number of rotatable bonds is 6. The van der Waals surface area contributed by atoms with E-state index in [9.17, 15) is 14.7 Å². The molecule has 0 atom stereocenters. The molecule has 1 saturated heterocycles. The molecule has 180 valence electrons. The van der Waals surface area contributed by atoms with Gasteiger partial charge in [-0.15, -0.1) is 0 Å². The van der Waals surface area contributed by atoms with E-state index in [1.54, 1.807) is 10.6 Å². The lowest BCUT2D eigenvalue weighted by molar-refractivity contribution is 0.0695. The molecule has 0 spiro atoms. The van der Waals surface area contributed by atoms with Gasteiger partial charge in [-0.2, -0.15) is 10.2 Å². The highest BCUT2D eigenvalue weighted by Gasteiger charge is 2.22. The van der Waals surface area contributed by atoms with Gasteiger partial charge in [-0.1, -0.05) is 24.3 Å². The fraction of sp³-hybridized carbons (Fsp3) is 0.308. The molecular weight excluding hydrogens is 449 g/mol. The number of piperazine rings is 1. The molecule has 3 aromatic rings. The number of benzene rings is 2. The maximum Gasteiger partial charge on any atom is 0.341 e. The van der Waals surface area contributed by atoms with Crippen LogP contribution in [0.1, 0.15) is 28.4 Å². The van der Waals surface area contributed by atoms with E-state index in [-0.39, 0.29) is 10.9 Å². The van der Waals surface area contributed by atoms with Crippen molar-refractivity contribution in [1.29, 1.82) is 0 Å². The zero-order chi connectivity index (χ0) is 24.5. The van der Waals surface area contributed by atoms with Crippen LogP contribution in [-0.2, 0) is 13.1 Å². The van der Waals surface area contributed by atoms with Gasteiger partial charge in [0.1, 0.15) is 11.4 Å². The Kier molecular flexibility index (Phi) is 6.17. The van der Waals surface area contributed by atoms with Gasteiger partial charge in [0, 0.05) is 56.4 Å². The smallest absolute Gasteiger partial charge is 0.341 e. The second-order valence-electron chi connectivity index (χ2n) is 8.76. The Morgan fingerprint density at radius 3 is 2.49 bits per heavy atom. The second kappa shape index (κ2) is 9.42. The summed E-state index contributed by atoms with van der Waals surface area (Å²) in [6, 6.07) is 11.2. The number of hydrogen-bond donors (Lipinski definition) is 1. The Bertz CT molecular complexity index is 1400. The van der Waals surface area contributed by atoms with Crippen molar-refractivity contribution in [3.8, 4) is 0 Å². The Morgan fingerprint density at radius 2 is 1.86 bits per heavy atom. The van der Waals surface area contributed by atoms with E-state index in [2.05, 4.69) is 39.4 Å². The summed E-state index contributed by atoms with van der Waals surface area (Å²) < 4.78 is 16.8. The zero-order valence-corrected chi connectivity index (χ0v) is 19.4. The number of carboxylic acid groups (broad SMARTS) is 1. The van der Waals surface area contributed by atoms with Crippen LogP contribution in [0.3, 0.4) is 0 Å². The molecule has 0 amide bonds. The van der Waals surface area contributed by atoms with Gasteiger partial charge >= 0.3 is 5.97 Å². The fourth-order valence-electron chi connectivity index (χ4n) is 4.70. The average Bonchev–Trinajstić information content (AvgIpc) is 3.40. The van der Waals surface area contributed by atoms with Crippen molar-refractivity contribution in [3.63, 3.8) is 0 Å². The van der Waals surface area contributed by atoms with E-state index in [1.165, 1.54) is 17.8 Å². The van der Waals surface area contributed by atoms with Crippen LogP contribution in [0.25, 0.3) is 16.6 Å². The number of aryl methyl sites for hydroxylation is 1. The molecule has 1 N–H and O–H groups in total. The van der Waals surface area contributed by atoms with Crippen molar-refractivity contribution >= 4 is 28.3 Å². The highest BCUT2D eigenvalue weighted by Crippen LogP contribution is 2.27. The first kappa shape index (κ1) is 22.9. The lowest BCUT2D eigenvalue weighted by Crippen LogP contribution is -2.46. The first-order valence-electron chi connectivity index (χ1n) is 11.7. The normalized spacial score (nSPS) is 16.2. The van der Waals surface area contributed by atoms with E-state index < -0.39 is 17.2 Å². The molecule has 2 aliphatic rings. The molecule has 1 fully saturated rings. The summed E-state index contributed by atoms with van der Waals surface area (Å²) in [5.41, 5.74) is 3.14. The molecule has 9 heteroatoms. The first-order chi connectivity index (χ1) is 16.9. The number of halogens is 1. The quantitative estimate of drug-likeness (QED) is 0.582. The van der Waals surface area contributed by atoms with Crippen molar-refractivity contribution in [2.24, 2.45) is 10.2 Å². The molecule has 2 aromatic carbocycles. The molecule has 2 aliphatic heterocycles. The summed E-state index contributed by atoms with van der Waals surface area (Å²) in [5, 5.41) is 17.5. The molecule has 3 heterocycles. The van der Waals surface area contributed by atoms with Crippen LogP contribution in [-0.4, -0.2) is 53.3 Å². The average molecular weight is 476 g/mol. The Balaban J connectivity index is 1.31. The van der Waals surface area contributed by atoms with Gasteiger partial charge in [0.15, 0.2) is 0 Å². The van der Waals surface area contributed by atoms with Gasteiger partial charge < -0.3 is 14.6 Å². The van der Waals surface area contributed by atoms with Gasteiger partial charge in [-0.05, 0) is 30.7 Å². The zero-order valence-electron chi connectivity index (χ0n) is 19.4. The minimum absolute atomic E-state index is 0.0879. The molecule has 5 rings (SSSR count). The fourth-order valence-corrected chi connectivity index (χ4v) is 4.70. The predicted molar refractivity (Wildman–Crippen MR) is 132 cm³/mol. The first-order valence-corrected chi connectivity index (χ1v) is 11.7. The molecule has 1 aromatic heterocycles. The third-order valence-electron chi connectivity index (χ3n) is 6.63. The summed E-state index contributed by atoms with van der Waals surface area (Å²) in [6.07, 6.45) is 3.34. The summed E-state index contributed by atoms with van der Waals surface area (Å²) in [6.45, 7) is 6.62. The molecule has 0 bridgehead atoms. The van der Waals surface area contributed by atoms with Crippen LogP contribution >= 0.6 is 0 Å². The third-order valence-corrected chi connectivity index (χ3v) is 6.63. The maximum atomic E-state index is 15.1. The lowest BCUT2D eigenvalue weighted by atomic mass is 10.1. The van der Waals surface area contributed by atoms with Crippen LogP contribution in [0, 0.1) is 5.82 Å². The highest BCUT2D eigenvalue weighted by molar-refractivity contribution is 5.93. The summed E-state index contributed by atoms with van der Waals surface area (Å²) in [4.78, 5) is 28.4. The van der Waals surface area contributed by atoms with Crippen LogP contribution in [0.5, 0.6) is 0 Å². The minimum atomic E-state index is -1.31. The van der Waals surface area contributed by atoms with Crippen molar-refractivity contribution < 1.29 is 14.3 Å². The number of hydrogen-bond acceptors (Lipinski definition) is 6. The van der Waals surface area contributed by atoms with Gasteiger partial charge in [0.05, 0.1) is 23.4 Å². The maximum absolute atomic E-state index is 15.1. The number of carbonyl (C=O) groups is 1. The lowest BCUT2D eigenvalue weighted by Gasteiger charge is -2.36. The third kappa shape index (κ3) is 4.46. The Morgan fingerprint density at radius 1 is 1.11 bits per heavy atom. The Hall–Kier alpha value is -3.85. The molecule has 8 nitrogen and oxygen atoms in total. The number of pyridine rings is 1. The van der Waals surface area contributed by atoms with Crippen molar-refractivity contribution in [1.82, 2.24) is 9.47 Å². The number of aromatic carboxylic acids is 1. The number of aromatic nitrogens is 1. The van der Waals surface area contributed by atoms with Crippen molar-refractivity contribution in [2.45, 2.75) is 20.0 Å². The standard InChI is InChI=1S/C26H26FN5O3/c1-2-31-16-20(26(34)35)25(33)19-13-21(27)24(14-23(19)31)32-11-9-30(10-12-32)15-17-3-5-18(6-4-17)22-7-8-28-29-22/h3-7,13-14,16H,2,8-12,15H2,1H3,(H,34,35). The molecule has 0 unspecified atom stereocenters. The number of carboxylic acids is 1. The Labute approximate surface area is 201 Å². The van der Waals surface area contributed by atoms with E-state index in [0.29, 0.717) is 37.4 Å². The van der Waals surface area contributed by atoms with Gasteiger partial charge in [0.2, 0.25) is 5.43 Å². The van der Waals surface area contributed by atoms with E-state index in [0.717, 1.165) is 30.9 Å². The summed E-state index contributed by atoms with van der Waals surface area (Å²) in [7, 11) is 0. The predicted octanol–water partition coefficient (Wildman–Crippen LogP) is 3.99. The van der Waals surface area contributed by atoms with Gasteiger partial charge in [-0.3, -0.25) is 9.69 Å². The molecule has 0 saturated carbocycles. The number of nitrogens with zero attached hydrogens (tertiary/aromatic N) is 5. The van der Waals surface area contributed by atoms with Crippen molar-refractivity contribution in [3.05, 3.63) is 81.4 Å². The minimum Gasteiger partial charge on any atom is -0.477 e. The summed E-state index contributed by atoms with van der Waals surface area (Å²) >= 11 is 0. The van der Waals surface area contributed by atoms with E-state index in [1.807, 2.05) is 17.9 Å². The number of azo groups is 1. The van der Waals surface area contributed by atoms with E-state index in [4.69, 9.17) is 0 Å². The van der Waals surface area contributed by atoms with Crippen LogP contribution in [0.15, 0.2) is 63.7 Å². The van der Waals surface area contributed by atoms with Gasteiger partial charge in [0.25, 0.3) is 0 Å². The molecular formula is C26H26FN5O3.